The van der Waals surface area contributed by atoms with Crippen molar-refractivity contribution < 1.29 is 24.5 Å². The first-order valence-corrected chi connectivity index (χ1v) is 34.4. The number of aliphatic hydroxyl groups excluding tert-OH is 2. The molecule has 6 nitrogen and oxygen atoms in total. The molecule has 3 N–H and O–H groups in total. The number of aliphatic hydroxyl groups is 2. The van der Waals surface area contributed by atoms with E-state index < -0.39 is 12.1 Å². The molecule has 0 radical (unpaired) electrons. The van der Waals surface area contributed by atoms with Gasteiger partial charge in [0.05, 0.1) is 25.4 Å². The highest BCUT2D eigenvalue weighted by Crippen LogP contribution is 2.19. The maximum Gasteiger partial charge on any atom is 0.305 e. The average molecular weight is 1060 g/mol. The van der Waals surface area contributed by atoms with Crippen LogP contribution < -0.4 is 5.32 Å². The molecule has 0 aliphatic heterocycles. The molecule has 0 fully saturated rings. The molecule has 2 atom stereocenters. The van der Waals surface area contributed by atoms with E-state index in [-0.39, 0.29) is 18.5 Å². The Labute approximate surface area is 469 Å². The zero-order valence-electron chi connectivity index (χ0n) is 51.1. The van der Waals surface area contributed by atoms with E-state index in [1.807, 2.05) is 0 Å². The van der Waals surface area contributed by atoms with Crippen LogP contribution in [0.5, 0.6) is 0 Å². The topological polar surface area (TPSA) is 95.9 Å². The maximum absolute atomic E-state index is 12.5. The van der Waals surface area contributed by atoms with E-state index >= 15 is 0 Å². The van der Waals surface area contributed by atoms with Crippen LogP contribution in [-0.4, -0.2) is 47.4 Å². The van der Waals surface area contributed by atoms with Gasteiger partial charge in [-0.05, 0) is 51.4 Å². The molecule has 1 amide bonds. The van der Waals surface area contributed by atoms with E-state index in [1.54, 1.807) is 0 Å². The zero-order chi connectivity index (χ0) is 54.3. The Morgan fingerprint density at radius 2 is 0.627 bits per heavy atom. The second-order valence-corrected chi connectivity index (χ2v) is 23.9. The molecule has 0 aromatic heterocycles. The summed E-state index contributed by atoms with van der Waals surface area (Å²) >= 11 is 0. The van der Waals surface area contributed by atoms with Crippen molar-refractivity contribution >= 4 is 11.9 Å². The van der Waals surface area contributed by atoms with Crippen molar-refractivity contribution in [1.82, 2.24) is 5.32 Å². The smallest absolute Gasteiger partial charge is 0.305 e. The summed E-state index contributed by atoms with van der Waals surface area (Å²) in [5.74, 6) is -0.0299. The van der Waals surface area contributed by atoms with Crippen molar-refractivity contribution in [3.8, 4) is 0 Å². The molecule has 0 aliphatic carbocycles. The number of hydrogen-bond donors (Lipinski definition) is 3. The molecule has 0 heterocycles. The Kier molecular flexibility index (Phi) is 63.9. The lowest BCUT2D eigenvalue weighted by molar-refractivity contribution is -0.143. The summed E-state index contributed by atoms with van der Waals surface area (Å²) in [4.78, 5) is 24.6. The standard InChI is InChI=1S/C69H135NO5/c1-3-5-7-9-11-13-15-17-19-21-22-23-24-25-27-30-33-37-41-45-49-53-57-61-67(72)66(65-71)70-68(73)62-58-54-50-46-42-38-34-31-28-26-29-32-36-40-44-48-52-56-60-64-75-69(74)63-59-55-51-47-43-39-35-20-18-16-14-12-10-8-6-4-2/h20,35,66-67,71-72H,3-19,21-34,36-65H2,1-2H3,(H,70,73)/b35-20-. The summed E-state index contributed by atoms with van der Waals surface area (Å²) < 4.78 is 5.49. The van der Waals surface area contributed by atoms with Gasteiger partial charge in [0.2, 0.25) is 5.91 Å². The molecule has 0 bridgehead atoms. The second kappa shape index (κ2) is 65.1. The zero-order valence-corrected chi connectivity index (χ0v) is 51.1. The van der Waals surface area contributed by atoms with E-state index in [9.17, 15) is 19.8 Å². The van der Waals surface area contributed by atoms with Crippen LogP contribution in [0.3, 0.4) is 0 Å². The molecule has 0 aliphatic rings. The molecular formula is C69H135NO5. The van der Waals surface area contributed by atoms with Gasteiger partial charge in [0, 0.05) is 12.8 Å². The van der Waals surface area contributed by atoms with Gasteiger partial charge >= 0.3 is 5.97 Å². The SMILES string of the molecule is CCCCCCCCC/C=C\CCCCCCCC(=O)OCCCCCCCCCCCCCCCCCCCCCC(=O)NC(CO)C(O)CCCCCCCCCCCCCCCCCCCCCCCCC. The number of hydrogen-bond acceptors (Lipinski definition) is 5. The number of amides is 1. The van der Waals surface area contributed by atoms with Gasteiger partial charge in [0.25, 0.3) is 0 Å². The van der Waals surface area contributed by atoms with Gasteiger partial charge in [-0.15, -0.1) is 0 Å². The highest BCUT2D eigenvalue weighted by Gasteiger charge is 2.20. The van der Waals surface area contributed by atoms with Crippen LogP contribution >= 0.6 is 0 Å². The third kappa shape index (κ3) is 61.7. The van der Waals surface area contributed by atoms with Gasteiger partial charge in [-0.25, -0.2) is 0 Å². The predicted octanol–water partition coefficient (Wildman–Crippen LogP) is 22.0. The van der Waals surface area contributed by atoms with Crippen LogP contribution in [0.25, 0.3) is 0 Å². The van der Waals surface area contributed by atoms with Crippen molar-refractivity contribution in [2.75, 3.05) is 13.2 Å². The minimum atomic E-state index is -0.667. The van der Waals surface area contributed by atoms with Crippen molar-refractivity contribution in [1.29, 1.82) is 0 Å². The van der Waals surface area contributed by atoms with Crippen LogP contribution in [0.2, 0.25) is 0 Å². The highest BCUT2D eigenvalue weighted by atomic mass is 16.5. The molecule has 2 unspecified atom stereocenters. The molecule has 0 saturated carbocycles. The Morgan fingerprint density at radius 1 is 0.360 bits per heavy atom. The summed E-state index contributed by atoms with van der Waals surface area (Å²) in [5, 5.41) is 23.4. The van der Waals surface area contributed by atoms with Crippen molar-refractivity contribution in [3.63, 3.8) is 0 Å². The number of esters is 1. The number of nitrogens with one attached hydrogen (secondary N) is 1. The van der Waals surface area contributed by atoms with Crippen LogP contribution in [0.1, 0.15) is 393 Å². The monoisotopic (exact) mass is 1060 g/mol. The predicted molar refractivity (Wildman–Crippen MR) is 329 cm³/mol. The number of allylic oxidation sites excluding steroid dienone is 2. The molecule has 75 heavy (non-hydrogen) atoms. The minimum absolute atomic E-state index is 0.00308. The maximum atomic E-state index is 12.5. The third-order valence-electron chi connectivity index (χ3n) is 16.3. The van der Waals surface area contributed by atoms with Crippen molar-refractivity contribution in [2.24, 2.45) is 0 Å². The number of ether oxygens (including phenoxy) is 1. The van der Waals surface area contributed by atoms with Crippen LogP contribution in [0.15, 0.2) is 12.2 Å². The molecule has 0 aromatic rings. The quantitative estimate of drug-likeness (QED) is 0.0320. The van der Waals surface area contributed by atoms with Crippen molar-refractivity contribution in [3.05, 3.63) is 12.2 Å². The first-order chi connectivity index (χ1) is 37.0. The lowest BCUT2D eigenvalue weighted by atomic mass is 10.0. The van der Waals surface area contributed by atoms with Gasteiger partial charge < -0.3 is 20.3 Å². The Balaban J connectivity index is 3.39. The van der Waals surface area contributed by atoms with E-state index in [0.29, 0.717) is 25.9 Å². The summed E-state index contributed by atoms with van der Waals surface area (Å²) in [6.45, 7) is 4.98. The summed E-state index contributed by atoms with van der Waals surface area (Å²) in [6.07, 6.45) is 79.5. The Morgan fingerprint density at radius 3 is 0.947 bits per heavy atom. The normalized spacial score (nSPS) is 12.5. The number of rotatable bonds is 65. The summed E-state index contributed by atoms with van der Waals surface area (Å²) in [5.41, 5.74) is 0. The molecule has 0 spiro atoms. The van der Waals surface area contributed by atoms with Gasteiger partial charge in [-0.1, -0.05) is 341 Å². The summed E-state index contributed by atoms with van der Waals surface area (Å²) in [6, 6.07) is -0.545. The first-order valence-electron chi connectivity index (χ1n) is 34.4. The molecule has 0 aromatic carbocycles. The third-order valence-corrected chi connectivity index (χ3v) is 16.3. The molecule has 0 rings (SSSR count). The van der Waals surface area contributed by atoms with Crippen molar-refractivity contribution in [2.45, 2.75) is 405 Å². The van der Waals surface area contributed by atoms with Gasteiger partial charge in [-0.3, -0.25) is 9.59 Å². The van der Waals surface area contributed by atoms with Crippen LogP contribution in [-0.2, 0) is 14.3 Å². The minimum Gasteiger partial charge on any atom is -0.466 e. The molecular weight excluding hydrogens is 923 g/mol. The molecule has 446 valence electrons. The van der Waals surface area contributed by atoms with E-state index in [4.69, 9.17) is 4.74 Å². The van der Waals surface area contributed by atoms with E-state index in [0.717, 1.165) is 44.9 Å². The van der Waals surface area contributed by atoms with Gasteiger partial charge in [-0.2, -0.15) is 0 Å². The fourth-order valence-corrected chi connectivity index (χ4v) is 11.1. The Hall–Kier alpha value is -1.40. The average Bonchev–Trinajstić information content (AvgIpc) is 3.41. The summed E-state index contributed by atoms with van der Waals surface area (Å²) in [7, 11) is 0. The van der Waals surface area contributed by atoms with Gasteiger partial charge in [0.15, 0.2) is 0 Å². The highest BCUT2D eigenvalue weighted by molar-refractivity contribution is 5.76. The number of carbonyl (C=O) groups is 2. The fraction of sp³-hybridized carbons (Fsp3) is 0.942. The fourth-order valence-electron chi connectivity index (χ4n) is 11.1. The first kappa shape index (κ1) is 73.6. The second-order valence-electron chi connectivity index (χ2n) is 23.9. The number of unbranched alkanes of at least 4 members (excludes halogenated alkanes) is 52. The van der Waals surface area contributed by atoms with Crippen LogP contribution in [0.4, 0.5) is 0 Å². The van der Waals surface area contributed by atoms with Crippen LogP contribution in [0, 0.1) is 0 Å². The van der Waals surface area contributed by atoms with Gasteiger partial charge in [0.1, 0.15) is 0 Å². The lowest BCUT2D eigenvalue weighted by Gasteiger charge is -2.22. The van der Waals surface area contributed by atoms with E-state index in [2.05, 4.69) is 31.3 Å². The molecule has 6 heteroatoms. The largest absolute Gasteiger partial charge is 0.466 e. The van der Waals surface area contributed by atoms with E-state index in [1.165, 1.54) is 315 Å². The Bertz CT molecular complexity index is 1130. The lowest BCUT2D eigenvalue weighted by Crippen LogP contribution is -2.45. The molecule has 0 saturated heterocycles. The number of carbonyl (C=O) groups excluding carboxylic acids is 2.